The SMILES string of the molecule is CCOC(=O)c1sc2nc([C@@H](C)N(C)Cc3cccc(F)c3)[nH]c(=O)c2c1C. The van der Waals surface area contributed by atoms with E-state index in [0.717, 1.165) is 16.9 Å². The number of benzene rings is 1. The summed E-state index contributed by atoms with van der Waals surface area (Å²) in [7, 11) is 1.88. The third-order valence-corrected chi connectivity index (χ3v) is 5.82. The van der Waals surface area contributed by atoms with Crippen LogP contribution in [0.5, 0.6) is 0 Å². The van der Waals surface area contributed by atoms with Crippen LogP contribution in [-0.4, -0.2) is 34.5 Å². The van der Waals surface area contributed by atoms with Crippen LogP contribution >= 0.6 is 11.3 Å². The molecule has 3 rings (SSSR count). The summed E-state index contributed by atoms with van der Waals surface area (Å²) in [6.07, 6.45) is 0. The van der Waals surface area contributed by atoms with E-state index < -0.39 is 5.97 Å². The van der Waals surface area contributed by atoms with Crippen LogP contribution in [0.3, 0.4) is 0 Å². The molecule has 0 fully saturated rings. The Morgan fingerprint density at radius 3 is 2.86 bits per heavy atom. The fourth-order valence-electron chi connectivity index (χ4n) is 3.02. The molecule has 0 spiro atoms. The number of thiophene rings is 1. The minimum absolute atomic E-state index is 0.214. The van der Waals surface area contributed by atoms with Gasteiger partial charge in [0, 0.05) is 6.54 Å². The number of fused-ring (bicyclic) bond motifs is 1. The van der Waals surface area contributed by atoms with Crippen molar-refractivity contribution in [2.75, 3.05) is 13.7 Å². The lowest BCUT2D eigenvalue weighted by molar-refractivity contribution is 0.0531. The van der Waals surface area contributed by atoms with Gasteiger partial charge in [-0.15, -0.1) is 11.3 Å². The van der Waals surface area contributed by atoms with Crippen molar-refractivity contribution in [2.45, 2.75) is 33.4 Å². The number of aromatic nitrogens is 2. The fourth-order valence-corrected chi connectivity index (χ4v) is 4.10. The summed E-state index contributed by atoms with van der Waals surface area (Å²) in [5.74, 6) is -0.236. The Balaban J connectivity index is 1.92. The van der Waals surface area contributed by atoms with Crippen LogP contribution in [0.4, 0.5) is 4.39 Å². The molecule has 0 saturated heterocycles. The first-order valence-electron chi connectivity index (χ1n) is 8.97. The molecule has 3 aromatic rings. The summed E-state index contributed by atoms with van der Waals surface area (Å²) in [6.45, 7) is 6.14. The number of esters is 1. The number of carbonyl (C=O) groups is 1. The summed E-state index contributed by atoms with van der Waals surface area (Å²) < 4.78 is 18.5. The van der Waals surface area contributed by atoms with E-state index in [1.165, 1.54) is 12.1 Å². The van der Waals surface area contributed by atoms with Gasteiger partial charge in [-0.2, -0.15) is 0 Å². The highest BCUT2D eigenvalue weighted by molar-refractivity contribution is 7.20. The number of rotatable bonds is 6. The minimum atomic E-state index is -0.444. The maximum atomic E-state index is 13.4. The molecular weight excluding hydrogens is 381 g/mol. The maximum Gasteiger partial charge on any atom is 0.348 e. The lowest BCUT2D eigenvalue weighted by Gasteiger charge is -2.24. The molecule has 1 atom stereocenters. The van der Waals surface area contributed by atoms with Crippen molar-refractivity contribution in [2.24, 2.45) is 0 Å². The Labute approximate surface area is 166 Å². The highest BCUT2D eigenvalue weighted by atomic mass is 32.1. The molecule has 0 radical (unpaired) electrons. The molecule has 28 heavy (non-hydrogen) atoms. The van der Waals surface area contributed by atoms with Gasteiger partial charge in [0.25, 0.3) is 5.56 Å². The number of halogens is 1. The van der Waals surface area contributed by atoms with Crippen LogP contribution in [0, 0.1) is 12.7 Å². The van der Waals surface area contributed by atoms with Crippen LogP contribution in [0.2, 0.25) is 0 Å². The highest BCUT2D eigenvalue weighted by Gasteiger charge is 2.22. The van der Waals surface area contributed by atoms with Gasteiger partial charge in [0.15, 0.2) is 0 Å². The average molecular weight is 403 g/mol. The first kappa shape index (κ1) is 20.2. The number of hydrogen-bond donors (Lipinski definition) is 1. The molecule has 2 aromatic heterocycles. The van der Waals surface area contributed by atoms with Crippen molar-refractivity contribution in [3.05, 3.63) is 62.3 Å². The number of carbonyl (C=O) groups excluding carboxylic acids is 1. The molecule has 0 saturated carbocycles. The average Bonchev–Trinajstić information content (AvgIpc) is 2.98. The van der Waals surface area contributed by atoms with Gasteiger partial charge in [-0.25, -0.2) is 14.2 Å². The van der Waals surface area contributed by atoms with Crippen molar-refractivity contribution in [1.82, 2.24) is 14.9 Å². The van der Waals surface area contributed by atoms with E-state index in [1.54, 1.807) is 19.9 Å². The molecule has 0 aliphatic heterocycles. The monoisotopic (exact) mass is 403 g/mol. The van der Waals surface area contributed by atoms with E-state index in [9.17, 15) is 14.0 Å². The fraction of sp³-hybridized carbons (Fsp3) is 0.350. The third kappa shape index (κ3) is 3.98. The largest absolute Gasteiger partial charge is 0.462 e. The Morgan fingerprint density at radius 1 is 1.43 bits per heavy atom. The lowest BCUT2D eigenvalue weighted by Crippen LogP contribution is -2.25. The number of aromatic amines is 1. The summed E-state index contributed by atoms with van der Waals surface area (Å²) in [6, 6.07) is 6.19. The zero-order valence-electron chi connectivity index (χ0n) is 16.2. The smallest absolute Gasteiger partial charge is 0.348 e. The van der Waals surface area contributed by atoms with E-state index in [4.69, 9.17) is 4.74 Å². The molecule has 148 valence electrons. The van der Waals surface area contributed by atoms with Crippen LogP contribution in [0.1, 0.15) is 46.5 Å². The summed E-state index contributed by atoms with van der Waals surface area (Å²) in [5.41, 5.74) is 1.13. The van der Waals surface area contributed by atoms with Gasteiger partial charge in [-0.3, -0.25) is 9.69 Å². The predicted molar refractivity (Wildman–Crippen MR) is 107 cm³/mol. The summed E-state index contributed by atoms with van der Waals surface area (Å²) in [4.78, 5) is 35.0. The Bertz CT molecular complexity index is 1080. The molecule has 8 heteroatoms. The summed E-state index contributed by atoms with van der Waals surface area (Å²) in [5, 5.41) is 0.414. The lowest BCUT2D eigenvalue weighted by atomic mass is 10.1. The van der Waals surface area contributed by atoms with Gasteiger partial charge < -0.3 is 9.72 Å². The molecule has 6 nitrogen and oxygen atoms in total. The molecule has 0 aliphatic rings. The number of nitrogens with one attached hydrogen (secondary N) is 1. The second kappa shape index (κ2) is 8.20. The summed E-state index contributed by atoms with van der Waals surface area (Å²) >= 11 is 1.16. The number of hydrogen-bond acceptors (Lipinski definition) is 6. The van der Waals surface area contributed by atoms with Gasteiger partial charge in [0.05, 0.1) is 18.0 Å². The van der Waals surface area contributed by atoms with E-state index in [-0.39, 0.29) is 24.0 Å². The second-order valence-electron chi connectivity index (χ2n) is 6.63. The zero-order chi connectivity index (χ0) is 20.4. The molecular formula is C20H22FN3O3S. The van der Waals surface area contributed by atoms with Crippen molar-refractivity contribution < 1.29 is 13.9 Å². The standard InChI is InChI=1S/C20H22FN3O3S/c1-5-27-20(26)16-11(2)15-18(25)22-17(23-19(15)28-16)12(3)24(4)10-13-7-6-8-14(21)9-13/h6-9,12H,5,10H2,1-4H3,(H,22,23,25)/t12-/m1/s1. The number of H-pyrrole nitrogens is 1. The topological polar surface area (TPSA) is 75.3 Å². The van der Waals surface area contributed by atoms with Crippen molar-refractivity contribution in [3.8, 4) is 0 Å². The molecule has 0 unspecified atom stereocenters. The van der Waals surface area contributed by atoms with Crippen LogP contribution in [-0.2, 0) is 11.3 Å². The molecule has 2 heterocycles. The Hall–Kier alpha value is -2.58. The molecule has 0 aliphatic carbocycles. The van der Waals surface area contributed by atoms with Crippen molar-refractivity contribution in [1.29, 1.82) is 0 Å². The normalized spacial score (nSPS) is 12.5. The maximum absolute atomic E-state index is 13.4. The first-order chi connectivity index (χ1) is 13.3. The van der Waals surface area contributed by atoms with Gasteiger partial charge in [-0.05, 0) is 51.1 Å². The first-order valence-corrected chi connectivity index (χ1v) is 9.78. The van der Waals surface area contributed by atoms with Crippen LogP contribution < -0.4 is 5.56 Å². The number of nitrogens with zero attached hydrogens (tertiary/aromatic N) is 2. The number of ether oxygens (including phenoxy) is 1. The van der Waals surface area contributed by atoms with Gasteiger partial charge in [0.1, 0.15) is 21.3 Å². The third-order valence-electron chi connectivity index (χ3n) is 4.66. The predicted octanol–water partition coefficient (Wildman–Crippen LogP) is 3.80. The quantitative estimate of drug-likeness (QED) is 0.634. The second-order valence-corrected chi connectivity index (χ2v) is 7.63. The van der Waals surface area contributed by atoms with E-state index in [2.05, 4.69) is 9.97 Å². The number of aryl methyl sites for hydroxylation is 1. The van der Waals surface area contributed by atoms with Crippen LogP contribution in [0.25, 0.3) is 10.2 Å². The van der Waals surface area contributed by atoms with E-state index in [1.807, 2.05) is 24.9 Å². The highest BCUT2D eigenvalue weighted by Crippen LogP contribution is 2.29. The molecule has 0 amide bonds. The minimum Gasteiger partial charge on any atom is -0.462 e. The zero-order valence-corrected chi connectivity index (χ0v) is 17.0. The Morgan fingerprint density at radius 2 is 2.18 bits per heavy atom. The van der Waals surface area contributed by atoms with E-state index in [0.29, 0.717) is 33.0 Å². The molecule has 0 bridgehead atoms. The van der Waals surface area contributed by atoms with Crippen LogP contribution in [0.15, 0.2) is 29.1 Å². The van der Waals surface area contributed by atoms with Gasteiger partial charge in [0.2, 0.25) is 0 Å². The van der Waals surface area contributed by atoms with Crippen molar-refractivity contribution >= 4 is 27.5 Å². The van der Waals surface area contributed by atoms with Crippen molar-refractivity contribution in [3.63, 3.8) is 0 Å². The van der Waals surface area contributed by atoms with E-state index >= 15 is 0 Å². The van der Waals surface area contributed by atoms with Gasteiger partial charge >= 0.3 is 5.97 Å². The molecule has 1 N–H and O–H groups in total. The van der Waals surface area contributed by atoms with Gasteiger partial charge in [-0.1, -0.05) is 12.1 Å². The molecule has 1 aromatic carbocycles. The Kier molecular flexibility index (Phi) is 5.90.